The molecule has 0 saturated heterocycles. The van der Waals surface area contributed by atoms with Crippen molar-refractivity contribution in [2.24, 2.45) is 0 Å². The van der Waals surface area contributed by atoms with Gasteiger partial charge >= 0.3 is 5.97 Å². The first kappa shape index (κ1) is 12.8. The number of rotatable bonds is 3. The van der Waals surface area contributed by atoms with Crippen LogP contribution in [0.1, 0.15) is 17.4 Å². The molecule has 1 N–H and O–H groups in total. The van der Waals surface area contributed by atoms with Crippen molar-refractivity contribution in [3.05, 3.63) is 34.7 Å². The van der Waals surface area contributed by atoms with E-state index in [2.05, 4.69) is 31.1 Å². The molecule has 0 aromatic carbocycles. The zero-order valence-electron chi connectivity index (χ0n) is 10.5. The first-order chi connectivity index (χ1) is 9.60. The molecule has 20 heavy (non-hydrogen) atoms. The lowest BCUT2D eigenvalue weighted by Gasteiger charge is -2.03. The summed E-state index contributed by atoms with van der Waals surface area (Å²) in [5.41, 5.74) is 1.63. The summed E-state index contributed by atoms with van der Waals surface area (Å²) in [6.07, 6.45) is 3.34. The lowest BCUT2D eigenvalue weighted by Crippen LogP contribution is -2.08. The number of hydrogen-bond donors (Lipinski definition) is 1. The van der Waals surface area contributed by atoms with Crippen molar-refractivity contribution in [3.63, 3.8) is 0 Å². The first-order valence-electron chi connectivity index (χ1n) is 5.91. The van der Waals surface area contributed by atoms with Gasteiger partial charge in [-0.25, -0.2) is 14.3 Å². The van der Waals surface area contributed by atoms with Crippen LogP contribution < -0.4 is 0 Å². The molecule has 0 atom stereocenters. The van der Waals surface area contributed by atoms with Gasteiger partial charge in [-0.3, -0.25) is 4.68 Å². The van der Waals surface area contributed by atoms with Crippen molar-refractivity contribution < 1.29 is 9.90 Å². The molecule has 0 radical (unpaired) electrons. The molecule has 0 unspecified atom stereocenters. The number of aromatic carboxylic acids is 1. The number of carboxylic acid groups (broad SMARTS) is 1. The molecule has 0 bridgehead atoms. The van der Waals surface area contributed by atoms with Crippen LogP contribution in [0.3, 0.4) is 0 Å². The Kier molecular flexibility index (Phi) is 3.01. The van der Waals surface area contributed by atoms with Gasteiger partial charge in [0.2, 0.25) is 0 Å². The third-order valence-corrected chi connectivity index (χ3v) is 3.43. The molecular formula is C12H10BrN5O2. The molecule has 3 aromatic heterocycles. The van der Waals surface area contributed by atoms with Gasteiger partial charge in [0.25, 0.3) is 0 Å². The van der Waals surface area contributed by atoms with E-state index < -0.39 is 5.97 Å². The monoisotopic (exact) mass is 335 g/mol. The Morgan fingerprint density at radius 3 is 2.90 bits per heavy atom. The van der Waals surface area contributed by atoms with Crippen LogP contribution in [0.25, 0.3) is 17.0 Å². The lowest BCUT2D eigenvalue weighted by molar-refractivity contribution is 0.0687. The van der Waals surface area contributed by atoms with Crippen molar-refractivity contribution >= 4 is 27.5 Å². The van der Waals surface area contributed by atoms with Gasteiger partial charge in [0.05, 0.1) is 16.4 Å². The zero-order valence-corrected chi connectivity index (χ0v) is 12.1. The molecule has 0 spiro atoms. The van der Waals surface area contributed by atoms with E-state index in [0.717, 1.165) is 6.54 Å². The molecule has 0 aliphatic heterocycles. The minimum atomic E-state index is -1.07. The third kappa shape index (κ3) is 1.97. The highest BCUT2D eigenvalue weighted by molar-refractivity contribution is 9.10. The van der Waals surface area contributed by atoms with E-state index in [-0.39, 0.29) is 5.69 Å². The molecule has 0 amide bonds. The first-order valence-corrected chi connectivity index (χ1v) is 6.71. The smallest absolute Gasteiger partial charge is 0.354 e. The van der Waals surface area contributed by atoms with Crippen LogP contribution in [0.5, 0.6) is 0 Å². The average molecular weight is 336 g/mol. The van der Waals surface area contributed by atoms with Crippen LogP contribution in [0.2, 0.25) is 0 Å². The van der Waals surface area contributed by atoms with Gasteiger partial charge < -0.3 is 5.11 Å². The summed E-state index contributed by atoms with van der Waals surface area (Å²) in [5.74, 6) is -1.07. The van der Waals surface area contributed by atoms with Gasteiger partial charge in [-0.15, -0.1) is 0 Å². The normalized spacial score (nSPS) is 11.1. The van der Waals surface area contributed by atoms with E-state index in [1.54, 1.807) is 10.7 Å². The molecule has 3 aromatic rings. The van der Waals surface area contributed by atoms with Gasteiger partial charge in [-0.05, 0) is 35.0 Å². The van der Waals surface area contributed by atoms with Gasteiger partial charge in [0.1, 0.15) is 5.69 Å². The van der Waals surface area contributed by atoms with Crippen molar-refractivity contribution in [2.75, 3.05) is 0 Å². The maximum atomic E-state index is 11.3. The predicted molar refractivity (Wildman–Crippen MR) is 74.5 cm³/mol. The molecular weight excluding hydrogens is 326 g/mol. The van der Waals surface area contributed by atoms with E-state index in [0.29, 0.717) is 21.5 Å². The Hall–Kier alpha value is -2.22. The number of nitrogens with zero attached hydrogens (tertiary/aromatic N) is 5. The molecule has 0 aliphatic carbocycles. The van der Waals surface area contributed by atoms with Crippen molar-refractivity contribution in [2.45, 2.75) is 13.5 Å². The predicted octanol–water partition coefficient (Wildman–Crippen LogP) is 2.07. The van der Waals surface area contributed by atoms with E-state index in [9.17, 15) is 9.90 Å². The summed E-state index contributed by atoms with van der Waals surface area (Å²) in [7, 11) is 0. The average Bonchev–Trinajstić information content (AvgIpc) is 3.05. The van der Waals surface area contributed by atoms with Crippen LogP contribution in [-0.4, -0.2) is 35.5 Å². The minimum Gasteiger partial charge on any atom is -0.477 e. The maximum absolute atomic E-state index is 11.3. The maximum Gasteiger partial charge on any atom is 0.354 e. The molecule has 0 aliphatic rings. The minimum absolute atomic E-state index is 0.0433. The summed E-state index contributed by atoms with van der Waals surface area (Å²) in [5, 5.41) is 17.6. The summed E-state index contributed by atoms with van der Waals surface area (Å²) in [6, 6.07) is 3.27. The molecule has 0 saturated carbocycles. The molecule has 3 rings (SSSR count). The third-order valence-electron chi connectivity index (χ3n) is 2.87. The van der Waals surface area contributed by atoms with Crippen LogP contribution in [0.4, 0.5) is 0 Å². The van der Waals surface area contributed by atoms with Crippen LogP contribution >= 0.6 is 15.9 Å². The second kappa shape index (κ2) is 4.71. The zero-order chi connectivity index (χ0) is 14.3. The Morgan fingerprint density at radius 1 is 1.45 bits per heavy atom. The van der Waals surface area contributed by atoms with E-state index >= 15 is 0 Å². The number of carbonyl (C=O) groups is 1. The second-order valence-electron chi connectivity index (χ2n) is 4.12. The highest BCUT2D eigenvalue weighted by Crippen LogP contribution is 2.22. The summed E-state index contributed by atoms with van der Waals surface area (Å²) in [4.78, 5) is 15.7. The topological polar surface area (TPSA) is 85.3 Å². The van der Waals surface area contributed by atoms with Crippen LogP contribution in [-0.2, 0) is 6.54 Å². The molecule has 0 fully saturated rings. The van der Waals surface area contributed by atoms with E-state index in [4.69, 9.17) is 0 Å². The quantitative estimate of drug-likeness (QED) is 0.791. The molecule has 7 nitrogen and oxygen atoms in total. The largest absolute Gasteiger partial charge is 0.477 e. The number of aryl methyl sites for hydroxylation is 1. The van der Waals surface area contributed by atoms with Crippen molar-refractivity contribution in [1.29, 1.82) is 0 Å². The van der Waals surface area contributed by atoms with Crippen molar-refractivity contribution in [1.82, 2.24) is 24.4 Å². The van der Waals surface area contributed by atoms with Gasteiger partial charge in [0, 0.05) is 12.7 Å². The summed E-state index contributed by atoms with van der Waals surface area (Å²) in [6.45, 7) is 2.72. The van der Waals surface area contributed by atoms with E-state index in [1.807, 2.05) is 13.1 Å². The van der Waals surface area contributed by atoms with Gasteiger partial charge in [-0.1, -0.05) is 0 Å². The van der Waals surface area contributed by atoms with Gasteiger partial charge in [-0.2, -0.15) is 10.2 Å². The Morgan fingerprint density at radius 2 is 2.25 bits per heavy atom. The molecule has 3 heterocycles. The number of fused-ring (bicyclic) bond motifs is 1. The molecule has 102 valence electrons. The highest BCUT2D eigenvalue weighted by atomic mass is 79.9. The Labute approximate surface area is 122 Å². The fourth-order valence-electron chi connectivity index (χ4n) is 1.89. The van der Waals surface area contributed by atoms with E-state index in [1.165, 1.54) is 16.8 Å². The van der Waals surface area contributed by atoms with Gasteiger partial charge in [0.15, 0.2) is 11.3 Å². The highest BCUT2D eigenvalue weighted by Gasteiger charge is 2.16. The number of aromatic nitrogens is 5. The number of hydrogen-bond acceptors (Lipinski definition) is 4. The summed E-state index contributed by atoms with van der Waals surface area (Å²) >= 11 is 3.31. The number of carboxylic acids is 1. The second-order valence-corrected chi connectivity index (χ2v) is 4.97. The Balaban J connectivity index is 2.25. The van der Waals surface area contributed by atoms with Crippen LogP contribution in [0, 0.1) is 0 Å². The summed E-state index contributed by atoms with van der Waals surface area (Å²) < 4.78 is 3.68. The fourth-order valence-corrected chi connectivity index (χ4v) is 2.24. The van der Waals surface area contributed by atoms with Crippen LogP contribution in [0.15, 0.2) is 29.0 Å². The fraction of sp³-hybridized carbons (Fsp3) is 0.167. The SMILES string of the molecule is CCn1ccc(-c2cc(C(=O)O)n3ncc(Br)c3n2)n1. The number of halogens is 1. The van der Waals surface area contributed by atoms with Crippen molar-refractivity contribution in [3.8, 4) is 11.4 Å². The Bertz CT molecular complexity index is 807. The molecule has 8 heteroatoms. The standard InChI is InChI=1S/C12H10BrN5O2/c1-2-17-4-3-8(16-17)9-5-10(12(19)20)18-11(15-9)7(13)6-14-18/h3-6H,2H2,1H3,(H,19,20). The lowest BCUT2D eigenvalue weighted by atomic mass is 10.2.